The summed E-state index contributed by atoms with van der Waals surface area (Å²) >= 11 is 0. The average Bonchev–Trinajstić information content (AvgIpc) is 1.94. The molecule has 0 spiro atoms. The molecule has 0 aromatic heterocycles. The molecule has 0 N–H and O–H groups in total. The van der Waals surface area contributed by atoms with E-state index < -0.39 is 0 Å². The number of ether oxygens (including phenoxy) is 1. The van der Waals surface area contributed by atoms with Crippen molar-refractivity contribution in [1.82, 2.24) is 0 Å². The highest BCUT2D eigenvalue weighted by atomic mass is 16.5. The van der Waals surface area contributed by atoms with E-state index in [4.69, 9.17) is 4.74 Å². The molecule has 1 nitrogen and oxygen atoms in total. The van der Waals surface area contributed by atoms with E-state index in [0.717, 1.165) is 12.8 Å². The molecule has 8 heavy (non-hydrogen) atoms. The Labute approximate surface area is 49.7 Å². The summed E-state index contributed by atoms with van der Waals surface area (Å²) in [6, 6.07) is 0. The minimum Gasteiger partial charge on any atom is -0.473 e. The molecule has 0 radical (unpaired) electrons. The maximum atomic E-state index is 4.96. The standard InChI is InChI=1S/C7H10O/c1-7-4-2-3-5-8-6-7/h3,5-6H,2,4H2,1H3. The Morgan fingerprint density at radius 3 is 3.38 bits per heavy atom. The number of allylic oxidation sites excluding steroid dienone is 2. The van der Waals surface area contributed by atoms with Gasteiger partial charge in [-0.1, -0.05) is 0 Å². The van der Waals surface area contributed by atoms with E-state index in [2.05, 4.69) is 6.92 Å². The normalized spacial score (nSPS) is 18.9. The second-order valence-electron chi connectivity index (χ2n) is 2.01. The van der Waals surface area contributed by atoms with Crippen LogP contribution < -0.4 is 0 Å². The van der Waals surface area contributed by atoms with Gasteiger partial charge in [-0.3, -0.25) is 0 Å². The molecule has 1 heteroatoms. The predicted octanol–water partition coefficient (Wildman–Crippen LogP) is 2.21. The van der Waals surface area contributed by atoms with Crippen LogP contribution in [0.1, 0.15) is 19.8 Å². The average molecular weight is 110 g/mol. The lowest BCUT2D eigenvalue weighted by Gasteiger charge is -1.90. The molecule has 0 aliphatic carbocycles. The Kier molecular flexibility index (Phi) is 1.73. The summed E-state index contributed by atoms with van der Waals surface area (Å²) in [5.41, 5.74) is 1.31. The van der Waals surface area contributed by atoms with E-state index in [-0.39, 0.29) is 0 Å². The third kappa shape index (κ3) is 1.41. The van der Waals surface area contributed by atoms with Gasteiger partial charge in [-0.15, -0.1) is 0 Å². The zero-order valence-corrected chi connectivity index (χ0v) is 5.05. The minimum absolute atomic E-state index is 1.11. The molecule has 1 rings (SSSR count). The van der Waals surface area contributed by atoms with E-state index >= 15 is 0 Å². The van der Waals surface area contributed by atoms with Crippen molar-refractivity contribution in [2.75, 3.05) is 0 Å². The van der Waals surface area contributed by atoms with Crippen LogP contribution in [0.4, 0.5) is 0 Å². The number of hydrogen-bond acceptors (Lipinski definition) is 1. The molecular weight excluding hydrogens is 100 g/mol. The highest BCUT2D eigenvalue weighted by molar-refractivity contribution is 4.98. The van der Waals surface area contributed by atoms with E-state index in [1.165, 1.54) is 5.57 Å². The second kappa shape index (κ2) is 2.55. The van der Waals surface area contributed by atoms with Crippen LogP contribution in [0.2, 0.25) is 0 Å². The largest absolute Gasteiger partial charge is 0.473 e. The third-order valence-electron chi connectivity index (χ3n) is 1.15. The van der Waals surface area contributed by atoms with Crippen LogP contribution in [0.3, 0.4) is 0 Å². The molecule has 0 atom stereocenters. The Balaban J connectivity index is 2.48. The van der Waals surface area contributed by atoms with Gasteiger partial charge in [0.25, 0.3) is 0 Å². The van der Waals surface area contributed by atoms with E-state index in [1.807, 2.05) is 6.08 Å². The first kappa shape index (κ1) is 5.42. The second-order valence-corrected chi connectivity index (χ2v) is 2.01. The molecular formula is C7H10O. The maximum Gasteiger partial charge on any atom is 0.0890 e. The first-order valence-electron chi connectivity index (χ1n) is 2.86. The summed E-state index contributed by atoms with van der Waals surface area (Å²) in [5.74, 6) is 0. The van der Waals surface area contributed by atoms with Crippen molar-refractivity contribution in [3.63, 3.8) is 0 Å². The van der Waals surface area contributed by atoms with Crippen molar-refractivity contribution < 1.29 is 4.74 Å². The molecule has 0 fully saturated rings. The Hall–Kier alpha value is -0.720. The van der Waals surface area contributed by atoms with Gasteiger partial charge in [-0.05, 0) is 31.4 Å². The van der Waals surface area contributed by atoms with Crippen molar-refractivity contribution in [1.29, 1.82) is 0 Å². The lowest BCUT2D eigenvalue weighted by molar-refractivity contribution is 0.399. The lowest BCUT2D eigenvalue weighted by atomic mass is 10.2. The van der Waals surface area contributed by atoms with Crippen molar-refractivity contribution in [3.8, 4) is 0 Å². The fourth-order valence-corrected chi connectivity index (χ4v) is 0.649. The van der Waals surface area contributed by atoms with Gasteiger partial charge in [0.2, 0.25) is 0 Å². The predicted molar refractivity (Wildman–Crippen MR) is 33.2 cm³/mol. The lowest BCUT2D eigenvalue weighted by Crippen LogP contribution is -1.71. The summed E-state index contributed by atoms with van der Waals surface area (Å²) in [7, 11) is 0. The zero-order chi connectivity index (χ0) is 5.82. The molecule has 0 bridgehead atoms. The van der Waals surface area contributed by atoms with Crippen LogP contribution in [0.5, 0.6) is 0 Å². The van der Waals surface area contributed by atoms with Crippen molar-refractivity contribution in [2.24, 2.45) is 0 Å². The van der Waals surface area contributed by atoms with E-state index in [0.29, 0.717) is 0 Å². The van der Waals surface area contributed by atoms with Crippen LogP contribution in [0.25, 0.3) is 0 Å². The topological polar surface area (TPSA) is 9.23 Å². The first-order valence-corrected chi connectivity index (χ1v) is 2.86. The van der Waals surface area contributed by atoms with E-state index in [1.54, 1.807) is 12.5 Å². The van der Waals surface area contributed by atoms with Gasteiger partial charge in [0, 0.05) is 0 Å². The Morgan fingerprint density at radius 2 is 2.50 bits per heavy atom. The molecule has 1 aliphatic rings. The smallest absolute Gasteiger partial charge is 0.0890 e. The molecule has 0 saturated heterocycles. The molecule has 44 valence electrons. The van der Waals surface area contributed by atoms with Gasteiger partial charge in [0.1, 0.15) is 0 Å². The van der Waals surface area contributed by atoms with Crippen LogP contribution in [-0.2, 0) is 4.74 Å². The van der Waals surface area contributed by atoms with Gasteiger partial charge in [0.15, 0.2) is 0 Å². The van der Waals surface area contributed by atoms with Gasteiger partial charge in [0.05, 0.1) is 12.5 Å². The highest BCUT2D eigenvalue weighted by Gasteiger charge is 1.90. The van der Waals surface area contributed by atoms with Crippen LogP contribution >= 0.6 is 0 Å². The molecule has 1 aliphatic heterocycles. The summed E-state index contributed by atoms with van der Waals surface area (Å²) < 4.78 is 4.96. The zero-order valence-electron chi connectivity index (χ0n) is 5.05. The number of rotatable bonds is 0. The van der Waals surface area contributed by atoms with Crippen molar-refractivity contribution in [2.45, 2.75) is 19.8 Å². The van der Waals surface area contributed by atoms with Crippen LogP contribution in [0.15, 0.2) is 24.2 Å². The van der Waals surface area contributed by atoms with Gasteiger partial charge in [-0.25, -0.2) is 0 Å². The summed E-state index contributed by atoms with van der Waals surface area (Å²) in [4.78, 5) is 0. The fraction of sp³-hybridized carbons (Fsp3) is 0.429. The SMILES string of the molecule is CC1=COC=CCC1. The quantitative estimate of drug-likeness (QED) is 0.464. The molecule has 0 aromatic rings. The maximum absolute atomic E-state index is 4.96. The Bertz CT molecular complexity index is 122. The van der Waals surface area contributed by atoms with Crippen LogP contribution in [-0.4, -0.2) is 0 Å². The van der Waals surface area contributed by atoms with Gasteiger partial charge in [-0.2, -0.15) is 0 Å². The molecule has 0 aromatic carbocycles. The number of hydrogen-bond donors (Lipinski definition) is 0. The monoisotopic (exact) mass is 110 g/mol. The van der Waals surface area contributed by atoms with Gasteiger partial charge < -0.3 is 4.74 Å². The summed E-state index contributed by atoms with van der Waals surface area (Å²) in [5, 5.41) is 0. The van der Waals surface area contributed by atoms with Crippen LogP contribution in [0, 0.1) is 0 Å². The Morgan fingerprint density at radius 1 is 1.62 bits per heavy atom. The third-order valence-corrected chi connectivity index (χ3v) is 1.15. The van der Waals surface area contributed by atoms with Crippen molar-refractivity contribution >= 4 is 0 Å². The van der Waals surface area contributed by atoms with Crippen molar-refractivity contribution in [3.05, 3.63) is 24.2 Å². The van der Waals surface area contributed by atoms with Gasteiger partial charge >= 0.3 is 0 Å². The summed E-state index contributed by atoms with van der Waals surface area (Å²) in [6.45, 7) is 2.08. The minimum atomic E-state index is 1.11. The summed E-state index contributed by atoms with van der Waals surface area (Å²) in [6.07, 6.45) is 7.81. The first-order chi connectivity index (χ1) is 3.89. The highest BCUT2D eigenvalue weighted by Crippen LogP contribution is 2.07. The molecule has 0 amide bonds. The van der Waals surface area contributed by atoms with E-state index in [9.17, 15) is 0 Å². The molecule has 0 unspecified atom stereocenters. The molecule has 0 saturated carbocycles. The fourth-order valence-electron chi connectivity index (χ4n) is 0.649. The molecule has 1 heterocycles.